The molecule has 0 aromatic carbocycles. The zero-order valence-corrected chi connectivity index (χ0v) is 20.0. The molecule has 3 aromatic heterocycles. The molecular formula is C24H29ClN6O3. The molecule has 1 saturated heterocycles. The van der Waals surface area contributed by atoms with Gasteiger partial charge in [0.1, 0.15) is 0 Å². The van der Waals surface area contributed by atoms with Crippen LogP contribution >= 0.6 is 11.6 Å². The van der Waals surface area contributed by atoms with Gasteiger partial charge in [0.2, 0.25) is 0 Å². The predicted octanol–water partition coefficient (Wildman–Crippen LogP) is 3.31. The van der Waals surface area contributed by atoms with Gasteiger partial charge in [0.25, 0.3) is 5.91 Å². The maximum Gasteiger partial charge on any atom is 0.255 e. The molecule has 180 valence electrons. The van der Waals surface area contributed by atoms with Crippen molar-refractivity contribution >= 4 is 28.8 Å². The van der Waals surface area contributed by atoms with E-state index >= 15 is 0 Å². The monoisotopic (exact) mass is 484 g/mol. The van der Waals surface area contributed by atoms with Crippen molar-refractivity contribution in [1.82, 2.24) is 24.9 Å². The highest BCUT2D eigenvalue weighted by Crippen LogP contribution is 2.33. The Balaban J connectivity index is 1.38. The van der Waals surface area contributed by atoms with Crippen LogP contribution in [-0.2, 0) is 4.74 Å². The number of aromatic nitrogens is 4. The van der Waals surface area contributed by atoms with Gasteiger partial charge in [0.05, 0.1) is 64.8 Å². The first-order chi connectivity index (χ1) is 16.3. The highest BCUT2D eigenvalue weighted by Gasteiger charge is 2.32. The molecule has 4 heterocycles. The number of fused-ring (bicyclic) bond motifs is 1. The first kappa shape index (κ1) is 23.0. The number of hydrogen-bond donors (Lipinski definition) is 3. The summed E-state index contributed by atoms with van der Waals surface area (Å²) < 4.78 is 6.91. The lowest BCUT2D eigenvalue weighted by Gasteiger charge is -2.36. The van der Waals surface area contributed by atoms with Crippen molar-refractivity contribution in [3.05, 3.63) is 41.4 Å². The molecule has 2 fully saturated rings. The number of halogens is 1. The van der Waals surface area contributed by atoms with Crippen molar-refractivity contribution in [3.8, 4) is 11.3 Å². The minimum absolute atomic E-state index is 0.0826. The number of amides is 1. The smallest absolute Gasteiger partial charge is 0.255 e. The van der Waals surface area contributed by atoms with Crippen LogP contribution in [0.25, 0.3) is 16.9 Å². The first-order valence-corrected chi connectivity index (χ1v) is 12.0. The molecule has 0 spiro atoms. The lowest BCUT2D eigenvalue weighted by molar-refractivity contribution is -0.00257. The lowest BCUT2D eigenvalue weighted by Crippen LogP contribution is -2.43. The standard InChI is InChI=1S/C24H29ClN6O3/c1-24(2,33)14-3-5-16(6-4-14)30-23(32)19-9-26-20(7-21(19)29-17-12-34-13-17)18-10-28-31-11-15(25)8-27-22(18)31/h7-11,14,16-17,33H,3-6,12-13H2,1-2H3,(H,26,29)(H,30,32)/t14-,16-. The maximum atomic E-state index is 13.2. The molecule has 9 nitrogen and oxygen atoms in total. The Labute approximate surface area is 202 Å². The Morgan fingerprint density at radius 1 is 1.15 bits per heavy atom. The molecule has 3 N–H and O–H groups in total. The third kappa shape index (κ3) is 4.73. The van der Waals surface area contributed by atoms with Crippen LogP contribution in [0, 0.1) is 5.92 Å². The van der Waals surface area contributed by atoms with Gasteiger partial charge >= 0.3 is 0 Å². The maximum absolute atomic E-state index is 13.2. The summed E-state index contributed by atoms with van der Waals surface area (Å²) in [5.41, 5.74) is 2.56. The minimum atomic E-state index is -0.686. The van der Waals surface area contributed by atoms with Crippen LogP contribution in [0.1, 0.15) is 49.9 Å². The number of rotatable bonds is 6. The highest BCUT2D eigenvalue weighted by atomic mass is 35.5. The van der Waals surface area contributed by atoms with Gasteiger partial charge in [-0.25, -0.2) is 9.50 Å². The van der Waals surface area contributed by atoms with Gasteiger partial charge in [-0.15, -0.1) is 0 Å². The van der Waals surface area contributed by atoms with E-state index in [1.807, 2.05) is 19.9 Å². The molecule has 0 unspecified atom stereocenters. The van der Waals surface area contributed by atoms with Gasteiger partial charge in [0, 0.05) is 18.4 Å². The lowest BCUT2D eigenvalue weighted by atomic mass is 9.77. The largest absolute Gasteiger partial charge is 0.390 e. The van der Waals surface area contributed by atoms with Gasteiger partial charge in [-0.2, -0.15) is 5.10 Å². The van der Waals surface area contributed by atoms with E-state index in [4.69, 9.17) is 16.3 Å². The van der Waals surface area contributed by atoms with Gasteiger partial charge in [-0.3, -0.25) is 9.78 Å². The quantitative estimate of drug-likeness (QED) is 0.491. The van der Waals surface area contributed by atoms with Crippen molar-refractivity contribution in [1.29, 1.82) is 0 Å². The van der Waals surface area contributed by atoms with Gasteiger partial charge in [-0.1, -0.05) is 11.6 Å². The molecule has 10 heteroatoms. The molecule has 3 aromatic rings. The van der Waals surface area contributed by atoms with Crippen LogP contribution in [0.2, 0.25) is 5.02 Å². The van der Waals surface area contributed by atoms with Gasteiger partial charge in [0.15, 0.2) is 5.65 Å². The summed E-state index contributed by atoms with van der Waals surface area (Å²) in [6.07, 6.45) is 10.0. The summed E-state index contributed by atoms with van der Waals surface area (Å²) in [7, 11) is 0. The van der Waals surface area contributed by atoms with E-state index in [2.05, 4.69) is 25.7 Å². The van der Waals surface area contributed by atoms with Crippen molar-refractivity contribution in [3.63, 3.8) is 0 Å². The van der Waals surface area contributed by atoms with Gasteiger partial charge < -0.3 is 20.5 Å². The molecule has 1 aliphatic heterocycles. The second-order valence-electron chi connectivity index (χ2n) is 9.77. The van der Waals surface area contributed by atoms with Crippen molar-refractivity contribution < 1.29 is 14.6 Å². The summed E-state index contributed by atoms with van der Waals surface area (Å²) in [6, 6.07) is 2.09. The van der Waals surface area contributed by atoms with E-state index in [1.165, 1.54) is 0 Å². The van der Waals surface area contributed by atoms with Crippen LogP contribution in [0.3, 0.4) is 0 Å². The summed E-state index contributed by atoms with van der Waals surface area (Å²) in [6.45, 7) is 4.91. The molecule has 5 rings (SSSR count). The summed E-state index contributed by atoms with van der Waals surface area (Å²) in [5, 5.41) is 21.7. The zero-order valence-electron chi connectivity index (χ0n) is 19.3. The Bertz CT molecular complexity index is 1200. The normalized spacial score (nSPS) is 21.3. The van der Waals surface area contributed by atoms with Crippen LogP contribution in [0.5, 0.6) is 0 Å². The molecular weight excluding hydrogens is 456 g/mol. The average Bonchev–Trinajstić information content (AvgIpc) is 3.19. The Morgan fingerprint density at radius 3 is 2.59 bits per heavy atom. The third-order valence-electron chi connectivity index (χ3n) is 6.81. The van der Waals surface area contributed by atoms with E-state index in [1.54, 1.807) is 29.3 Å². The van der Waals surface area contributed by atoms with E-state index in [9.17, 15) is 9.90 Å². The molecule has 2 aliphatic rings. The molecule has 1 aliphatic carbocycles. The number of nitrogens with one attached hydrogen (secondary N) is 2. The summed E-state index contributed by atoms with van der Waals surface area (Å²) in [5.74, 6) is 0.102. The number of aliphatic hydroxyl groups is 1. The summed E-state index contributed by atoms with van der Waals surface area (Å²) in [4.78, 5) is 22.2. The van der Waals surface area contributed by atoms with E-state index in [-0.39, 0.29) is 23.9 Å². The Kier molecular flexibility index (Phi) is 6.18. The fourth-order valence-electron chi connectivity index (χ4n) is 4.68. The van der Waals surface area contributed by atoms with Crippen molar-refractivity contribution in [2.45, 2.75) is 57.2 Å². The fourth-order valence-corrected chi connectivity index (χ4v) is 4.82. The van der Waals surface area contributed by atoms with Crippen LogP contribution in [0.4, 0.5) is 5.69 Å². The molecule has 0 bridgehead atoms. The molecule has 0 radical (unpaired) electrons. The number of ether oxygens (including phenoxy) is 1. The molecule has 1 amide bonds. The fraction of sp³-hybridized carbons (Fsp3) is 0.500. The minimum Gasteiger partial charge on any atom is -0.390 e. The number of pyridine rings is 1. The second kappa shape index (κ2) is 9.13. The van der Waals surface area contributed by atoms with E-state index in [0.717, 1.165) is 31.2 Å². The topological polar surface area (TPSA) is 114 Å². The summed E-state index contributed by atoms with van der Waals surface area (Å²) >= 11 is 6.03. The Hall–Kier alpha value is -2.75. The number of carbonyl (C=O) groups excluding carboxylic acids is 1. The van der Waals surface area contributed by atoms with E-state index in [0.29, 0.717) is 40.8 Å². The second-order valence-corrected chi connectivity index (χ2v) is 10.2. The molecule has 1 saturated carbocycles. The van der Waals surface area contributed by atoms with Crippen LogP contribution in [0.15, 0.2) is 30.9 Å². The first-order valence-electron chi connectivity index (χ1n) is 11.6. The van der Waals surface area contributed by atoms with Crippen molar-refractivity contribution in [2.24, 2.45) is 5.92 Å². The van der Waals surface area contributed by atoms with Crippen LogP contribution in [-0.4, -0.2) is 61.5 Å². The van der Waals surface area contributed by atoms with Gasteiger partial charge in [-0.05, 0) is 51.5 Å². The average molecular weight is 485 g/mol. The number of anilines is 1. The third-order valence-corrected chi connectivity index (χ3v) is 7.00. The SMILES string of the molecule is CC(C)(O)[C@H]1CC[C@H](NC(=O)c2cnc(-c3cnn4cc(Cl)cnc34)cc2NC2COC2)CC1. The molecule has 0 atom stereocenters. The number of hydrogen-bond acceptors (Lipinski definition) is 7. The predicted molar refractivity (Wildman–Crippen MR) is 129 cm³/mol. The van der Waals surface area contributed by atoms with Crippen molar-refractivity contribution in [2.75, 3.05) is 18.5 Å². The highest BCUT2D eigenvalue weighted by molar-refractivity contribution is 6.30. The number of nitrogens with zero attached hydrogens (tertiary/aromatic N) is 4. The zero-order chi connectivity index (χ0) is 23.9. The Morgan fingerprint density at radius 2 is 1.91 bits per heavy atom. The molecule has 34 heavy (non-hydrogen) atoms. The number of carbonyl (C=O) groups is 1. The van der Waals surface area contributed by atoms with Crippen LogP contribution < -0.4 is 10.6 Å². The van der Waals surface area contributed by atoms with E-state index < -0.39 is 5.60 Å².